The maximum Gasteiger partial charge on any atom is 0.322 e. The number of nitrogens with zero attached hydrogens (tertiary/aromatic N) is 5. The van der Waals surface area contributed by atoms with Gasteiger partial charge in [0.2, 0.25) is 11.8 Å². The summed E-state index contributed by atoms with van der Waals surface area (Å²) < 4.78 is 13.0. The molecular formula is C24H26N6O3S. The number of carbonyl (C=O) groups is 1. The standard InChI is InChI=1S/C24H26N6O3S/c1-5-32-19-11-9-18(10-12-19)30-21(17-8-6-7-16(4)13-17)26-29-24(30)34-14-20(31)25-23-28-27-22(33-23)15(2)3/h6-13,15H,5,14H2,1-4H3,(H,25,28,31). The van der Waals surface area contributed by atoms with Crippen molar-refractivity contribution in [1.29, 1.82) is 0 Å². The van der Waals surface area contributed by atoms with E-state index in [0.29, 0.717) is 23.5 Å². The van der Waals surface area contributed by atoms with Crippen molar-refractivity contribution in [2.45, 2.75) is 38.8 Å². The second-order valence-corrected chi connectivity index (χ2v) is 8.82. The third-order valence-electron chi connectivity index (χ3n) is 4.83. The topological polar surface area (TPSA) is 108 Å². The van der Waals surface area contributed by atoms with Crippen LogP contribution >= 0.6 is 11.8 Å². The molecule has 0 unspecified atom stereocenters. The molecule has 0 aliphatic carbocycles. The lowest BCUT2D eigenvalue weighted by molar-refractivity contribution is -0.113. The van der Waals surface area contributed by atoms with Gasteiger partial charge < -0.3 is 9.15 Å². The summed E-state index contributed by atoms with van der Waals surface area (Å²) in [7, 11) is 0. The van der Waals surface area contributed by atoms with E-state index >= 15 is 0 Å². The fourth-order valence-electron chi connectivity index (χ4n) is 3.23. The number of ether oxygens (including phenoxy) is 1. The molecule has 2 heterocycles. The summed E-state index contributed by atoms with van der Waals surface area (Å²) in [6, 6.07) is 15.9. The van der Waals surface area contributed by atoms with Gasteiger partial charge >= 0.3 is 6.01 Å². The monoisotopic (exact) mass is 478 g/mol. The lowest BCUT2D eigenvalue weighted by Crippen LogP contribution is -2.15. The molecule has 2 aromatic heterocycles. The number of hydrogen-bond donors (Lipinski definition) is 1. The highest BCUT2D eigenvalue weighted by atomic mass is 32.2. The van der Waals surface area contributed by atoms with Crippen LogP contribution in [0.2, 0.25) is 0 Å². The maximum absolute atomic E-state index is 12.5. The van der Waals surface area contributed by atoms with E-state index in [1.165, 1.54) is 11.8 Å². The van der Waals surface area contributed by atoms with Crippen LogP contribution in [0.3, 0.4) is 0 Å². The molecule has 2 aromatic carbocycles. The summed E-state index contributed by atoms with van der Waals surface area (Å²) in [5.74, 6) is 1.85. The van der Waals surface area contributed by atoms with Crippen molar-refractivity contribution < 1.29 is 13.9 Å². The molecule has 4 aromatic rings. The molecule has 0 fully saturated rings. The predicted molar refractivity (Wildman–Crippen MR) is 130 cm³/mol. The van der Waals surface area contributed by atoms with Gasteiger partial charge in [-0.1, -0.05) is 54.5 Å². The minimum Gasteiger partial charge on any atom is -0.494 e. The molecule has 10 heteroatoms. The summed E-state index contributed by atoms with van der Waals surface area (Å²) in [6.07, 6.45) is 0. The van der Waals surface area contributed by atoms with Crippen LogP contribution in [0, 0.1) is 6.92 Å². The first-order valence-corrected chi connectivity index (χ1v) is 11.9. The van der Waals surface area contributed by atoms with Gasteiger partial charge in [-0.15, -0.1) is 15.3 Å². The molecule has 4 rings (SSSR count). The highest BCUT2D eigenvalue weighted by molar-refractivity contribution is 7.99. The van der Waals surface area contributed by atoms with E-state index in [1.54, 1.807) is 0 Å². The lowest BCUT2D eigenvalue weighted by atomic mass is 10.1. The first kappa shape index (κ1) is 23.5. The molecule has 0 aliphatic rings. The molecule has 0 aliphatic heterocycles. The van der Waals surface area contributed by atoms with Gasteiger partial charge in [0.1, 0.15) is 5.75 Å². The van der Waals surface area contributed by atoms with Crippen LogP contribution in [-0.2, 0) is 4.79 Å². The van der Waals surface area contributed by atoms with Crippen molar-refractivity contribution in [2.75, 3.05) is 17.7 Å². The molecule has 0 atom stereocenters. The van der Waals surface area contributed by atoms with Crippen molar-refractivity contribution in [3.63, 3.8) is 0 Å². The zero-order chi connectivity index (χ0) is 24.1. The van der Waals surface area contributed by atoms with E-state index in [9.17, 15) is 4.79 Å². The number of thioether (sulfide) groups is 1. The first-order chi connectivity index (χ1) is 16.4. The van der Waals surface area contributed by atoms with Crippen LogP contribution in [-0.4, -0.2) is 43.2 Å². The minimum absolute atomic E-state index is 0.0836. The van der Waals surface area contributed by atoms with Gasteiger partial charge in [0.25, 0.3) is 0 Å². The number of aromatic nitrogens is 5. The van der Waals surface area contributed by atoms with Crippen molar-refractivity contribution >= 4 is 23.7 Å². The second-order valence-electron chi connectivity index (χ2n) is 7.87. The maximum atomic E-state index is 12.5. The van der Waals surface area contributed by atoms with E-state index < -0.39 is 0 Å². The van der Waals surface area contributed by atoms with Crippen molar-refractivity contribution in [3.05, 3.63) is 60.0 Å². The molecule has 1 amide bonds. The summed E-state index contributed by atoms with van der Waals surface area (Å²) in [5, 5.41) is 19.8. The Morgan fingerprint density at radius 3 is 2.59 bits per heavy atom. The third-order valence-corrected chi connectivity index (χ3v) is 5.76. The Balaban J connectivity index is 1.58. The van der Waals surface area contributed by atoms with Crippen molar-refractivity contribution in [2.24, 2.45) is 0 Å². The number of hydrogen-bond acceptors (Lipinski definition) is 8. The Hall–Kier alpha value is -3.66. The molecule has 9 nitrogen and oxygen atoms in total. The van der Waals surface area contributed by atoms with Crippen LogP contribution in [0.5, 0.6) is 5.75 Å². The predicted octanol–water partition coefficient (Wildman–Crippen LogP) is 4.88. The summed E-state index contributed by atoms with van der Waals surface area (Å²) in [5.41, 5.74) is 2.92. The highest BCUT2D eigenvalue weighted by Crippen LogP contribution is 2.29. The Labute approximate surface area is 201 Å². The van der Waals surface area contributed by atoms with E-state index in [0.717, 1.165) is 22.6 Å². The number of aryl methyl sites for hydroxylation is 1. The van der Waals surface area contributed by atoms with E-state index in [1.807, 2.05) is 74.7 Å². The van der Waals surface area contributed by atoms with Gasteiger partial charge in [0.15, 0.2) is 11.0 Å². The molecule has 0 saturated heterocycles. The van der Waals surface area contributed by atoms with Gasteiger partial charge in [0, 0.05) is 17.2 Å². The molecule has 0 saturated carbocycles. The fraction of sp³-hybridized carbons (Fsp3) is 0.292. The Kier molecular flexibility index (Phi) is 7.27. The average Bonchev–Trinajstić information content (AvgIpc) is 3.46. The first-order valence-electron chi connectivity index (χ1n) is 11.0. The van der Waals surface area contributed by atoms with Crippen LogP contribution in [0.25, 0.3) is 17.1 Å². The van der Waals surface area contributed by atoms with Crippen molar-refractivity contribution in [1.82, 2.24) is 25.0 Å². The minimum atomic E-state index is -0.276. The number of amides is 1. The molecular weight excluding hydrogens is 452 g/mol. The Bertz CT molecular complexity index is 1270. The lowest BCUT2D eigenvalue weighted by Gasteiger charge is -2.11. The number of anilines is 1. The van der Waals surface area contributed by atoms with Crippen LogP contribution in [0.1, 0.15) is 38.1 Å². The molecule has 0 spiro atoms. The molecule has 176 valence electrons. The van der Waals surface area contributed by atoms with Gasteiger partial charge in [0.05, 0.1) is 12.4 Å². The summed E-state index contributed by atoms with van der Waals surface area (Å²) in [4.78, 5) is 12.5. The van der Waals surface area contributed by atoms with Crippen LogP contribution in [0.15, 0.2) is 58.1 Å². The Morgan fingerprint density at radius 2 is 1.91 bits per heavy atom. The van der Waals surface area contributed by atoms with Gasteiger partial charge in [-0.25, -0.2) is 0 Å². The Morgan fingerprint density at radius 1 is 1.12 bits per heavy atom. The second kappa shape index (κ2) is 10.5. The van der Waals surface area contributed by atoms with E-state index in [4.69, 9.17) is 9.15 Å². The normalized spacial score (nSPS) is 11.1. The van der Waals surface area contributed by atoms with Gasteiger partial charge in [-0.2, -0.15) is 0 Å². The van der Waals surface area contributed by atoms with Crippen LogP contribution in [0.4, 0.5) is 6.01 Å². The molecule has 1 N–H and O–H groups in total. The zero-order valence-corrected chi connectivity index (χ0v) is 20.3. The molecule has 0 radical (unpaired) electrons. The van der Waals surface area contributed by atoms with E-state index in [2.05, 4.69) is 31.8 Å². The smallest absolute Gasteiger partial charge is 0.322 e. The number of rotatable bonds is 9. The molecule has 34 heavy (non-hydrogen) atoms. The van der Waals surface area contributed by atoms with Crippen LogP contribution < -0.4 is 10.1 Å². The average molecular weight is 479 g/mol. The van der Waals surface area contributed by atoms with Gasteiger partial charge in [-0.05, 0) is 44.2 Å². The largest absolute Gasteiger partial charge is 0.494 e. The summed E-state index contributed by atoms with van der Waals surface area (Å²) >= 11 is 1.27. The number of benzene rings is 2. The SMILES string of the molecule is CCOc1ccc(-n2c(SCC(=O)Nc3nnc(C(C)C)o3)nnc2-c2cccc(C)c2)cc1. The molecule has 0 bridgehead atoms. The highest BCUT2D eigenvalue weighted by Gasteiger charge is 2.19. The number of carbonyl (C=O) groups excluding carboxylic acids is 1. The fourth-order valence-corrected chi connectivity index (χ4v) is 3.98. The van der Waals surface area contributed by atoms with E-state index in [-0.39, 0.29) is 23.6 Å². The number of nitrogens with one attached hydrogen (secondary N) is 1. The van der Waals surface area contributed by atoms with Gasteiger partial charge in [-0.3, -0.25) is 14.7 Å². The summed E-state index contributed by atoms with van der Waals surface area (Å²) in [6.45, 7) is 8.45. The third kappa shape index (κ3) is 5.45. The van der Waals surface area contributed by atoms with Crippen molar-refractivity contribution in [3.8, 4) is 22.8 Å². The quantitative estimate of drug-likeness (QED) is 0.339. The zero-order valence-electron chi connectivity index (χ0n) is 19.5.